The van der Waals surface area contributed by atoms with E-state index in [0.29, 0.717) is 0 Å². The largest absolute Gasteiger partial charge is 0.312 e. The highest BCUT2D eigenvalue weighted by Gasteiger charge is 2.00. The lowest BCUT2D eigenvalue weighted by Crippen LogP contribution is -2.16. The van der Waals surface area contributed by atoms with E-state index in [-0.39, 0.29) is 18.2 Å². The summed E-state index contributed by atoms with van der Waals surface area (Å²) in [6.45, 7) is 1.73. The van der Waals surface area contributed by atoms with E-state index in [1.807, 2.05) is 12.1 Å². The second-order valence-electron chi connectivity index (χ2n) is 5.19. The Balaban J connectivity index is 0.00000176. The summed E-state index contributed by atoms with van der Waals surface area (Å²) < 4.78 is 12.8. The standard InChI is InChI=1S/C19H18FN.ClH/c20-18-10-8-15(9-11-18)12-13-21-14-17-6-3-5-16-4-1-2-7-19(16)17;/h1-11,21H,12-14H2;1H. The molecule has 0 aliphatic carbocycles. The van der Waals surface area contributed by atoms with Gasteiger partial charge in [0.15, 0.2) is 0 Å². The lowest BCUT2D eigenvalue weighted by Gasteiger charge is -2.08. The third kappa shape index (κ3) is 4.06. The molecule has 0 saturated heterocycles. The number of benzene rings is 3. The maximum Gasteiger partial charge on any atom is 0.123 e. The van der Waals surface area contributed by atoms with Gasteiger partial charge in [-0.05, 0) is 47.0 Å². The van der Waals surface area contributed by atoms with Crippen molar-refractivity contribution in [1.82, 2.24) is 5.32 Å². The summed E-state index contributed by atoms with van der Waals surface area (Å²) in [6.07, 6.45) is 0.908. The smallest absolute Gasteiger partial charge is 0.123 e. The van der Waals surface area contributed by atoms with Gasteiger partial charge in [-0.2, -0.15) is 0 Å². The van der Waals surface area contributed by atoms with Crippen LogP contribution in [-0.4, -0.2) is 6.54 Å². The van der Waals surface area contributed by atoms with E-state index in [2.05, 4.69) is 47.8 Å². The third-order valence-corrected chi connectivity index (χ3v) is 3.70. The van der Waals surface area contributed by atoms with Crippen LogP contribution in [0.3, 0.4) is 0 Å². The Labute approximate surface area is 136 Å². The molecule has 1 N–H and O–H groups in total. The number of rotatable bonds is 5. The average Bonchev–Trinajstić information content (AvgIpc) is 2.53. The fourth-order valence-corrected chi connectivity index (χ4v) is 2.55. The Morgan fingerprint density at radius 2 is 1.55 bits per heavy atom. The molecule has 0 aromatic heterocycles. The first-order valence-corrected chi connectivity index (χ1v) is 7.25. The van der Waals surface area contributed by atoms with Gasteiger partial charge in [0.1, 0.15) is 5.82 Å². The fraction of sp³-hybridized carbons (Fsp3) is 0.158. The number of halogens is 2. The lowest BCUT2D eigenvalue weighted by molar-refractivity contribution is 0.626. The van der Waals surface area contributed by atoms with Crippen molar-refractivity contribution in [2.45, 2.75) is 13.0 Å². The van der Waals surface area contributed by atoms with Crippen molar-refractivity contribution in [1.29, 1.82) is 0 Å². The second kappa shape index (κ2) is 7.92. The molecule has 0 amide bonds. The molecule has 3 rings (SSSR count). The van der Waals surface area contributed by atoms with Gasteiger partial charge in [0.05, 0.1) is 0 Å². The number of fused-ring (bicyclic) bond motifs is 1. The van der Waals surface area contributed by atoms with Gasteiger partial charge in [-0.25, -0.2) is 4.39 Å². The van der Waals surface area contributed by atoms with Crippen LogP contribution in [-0.2, 0) is 13.0 Å². The molecule has 0 aliphatic heterocycles. The summed E-state index contributed by atoms with van der Waals surface area (Å²) >= 11 is 0. The van der Waals surface area contributed by atoms with Crippen LogP contribution in [0.25, 0.3) is 10.8 Å². The summed E-state index contributed by atoms with van der Waals surface area (Å²) in [5.74, 6) is -0.178. The van der Waals surface area contributed by atoms with Gasteiger partial charge < -0.3 is 5.32 Å². The van der Waals surface area contributed by atoms with Gasteiger partial charge in [0.25, 0.3) is 0 Å². The molecule has 0 bridgehead atoms. The van der Waals surface area contributed by atoms with Gasteiger partial charge in [-0.15, -0.1) is 12.4 Å². The van der Waals surface area contributed by atoms with E-state index >= 15 is 0 Å². The van der Waals surface area contributed by atoms with Crippen molar-refractivity contribution in [2.75, 3.05) is 6.54 Å². The normalized spacial score (nSPS) is 10.4. The van der Waals surface area contributed by atoms with Crippen LogP contribution in [0.4, 0.5) is 4.39 Å². The number of hydrogen-bond donors (Lipinski definition) is 1. The van der Waals surface area contributed by atoms with Crippen molar-refractivity contribution < 1.29 is 4.39 Å². The fourth-order valence-electron chi connectivity index (χ4n) is 2.55. The Bertz CT molecular complexity index is 720. The zero-order chi connectivity index (χ0) is 14.5. The monoisotopic (exact) mass is 315 g/mol. The molecule has 0 saturated carbocycles. The first-order chi connectivity index (χ1) is 10.3. The van der Waals surface area contributed by atoms with Crippen LogP contribution in [0.1, 0.15) is 11.1 Å². The maximum atomic E-state index is 12.8. The summed E-state index contributed by atoms with van der Waals surface area (Å²) in [5.41, 5.74) is 2.47. The molecule has 0 unspecified atom stereocenters. The minimum absolute atomic E-state index is 0. The second-order valence-corrected chi connectivity index (χ2v) is 5.19. The zero-order valence-corrected chi connectivity index (χ0v) is 13.1. The summed E-state index contributed by atoms with van der Waals surface area (Å²) in [4.78, 5) is 0. The van der Waals surface area contributed by atoms with E-state index in [1.165, 1.54) is 28.5 Å². The molecule has 22 heavy (non-hydrogen) atoms. The van der Waals surface area contributed by atoms with Crippen LogP contribution < -0.4 is 5.32 Å². The topological polar surface area (TPSA) is 12.0 Å². The molecule has 1 nitrogen and oxygen atoms in total. The summed E-state index contributed by atoms with van der Waals surface area (Å²) in [6, 6.07) is 21.5. The van der Waals surface area contributed by atoms with E-state index in [1.54, 1.807) is 0 Å². The zero-order valence-electron chi connectivity index (χ0n) is 12.3. The van der Waals surface area contributed by atoms with Gasteiger partial charge in [-0.1, -0.05) is 54.6 Å². The first kappa shape index (κ1) is 16.5. The maximum absolute atomic E-state index is 12.8. The third-order valence-electron chi connectivity index (χ3n) is 3.70. The van der Waals surface area contributed by atoms with Crippen molar-refractivity contribution in [2.24, 2.45) is 0 Å². The number of hydrogen-bond acceptors (Lipinski definition) is 1. The molecule has 0 atom stereocenters. The van der Waals surface area contributed by atoms with Gasteiger partial charge >= 0.3 is 0 Å². The molecule has 0 heterocycles. The van der Waals surface area contributed by atoms with Crippen molar-refractivity contribution in [3.63, 3.8) is 0 Å². The highest BCUT2D eigenvalue weighted by atomic mass is 35.5. The van der Waals surface area contributed by atoms with Crippen LogP contribution in [0.5, 0.6) is 0 Å². The van der Waals surface area contributed by atoms with Gasteiger partial charge in [0, 0.05) is 6.54 Å². The summed E-state index contributed by atoms with van der Waals surface area (Å²) in [7, 11) is 0. The molecule has 0 spiro atoms. The first-order valence-electron chi connectivity index (χ1n) is 7.25. The van der Waals surface area contributed by atoms with Crippen molar-refractivity contribution >= 4 is 23.2 Å². The van der Waals surface area contributed by atoms with Crippen LogP contribution >= 0.6 is 12.4 Å². The predicted molar refractivity (Wildman–Crippen MR) is 93.0 cm³/mol. The highest BCUT2D eigenvalue weighted by molar-refractivity contribution is 5.85. The highest BCUT2D eigenvalue weighted by Crippen LogP contribution is 2.18. The molecule has 0 aliphatic rings. The van der Waals surface area contributed by atoms with E-state index in [0.717, 1.165) is 25.1 Å². The van der Waals surface area contributed by atoms with E-state index in [4.69, 9.17) is 0 Å². The Kier molecular flexibility index (Phi) is 5.93. The lowest BCUT2D eigenvalue weighted by atomic mass is 10.0. The summed E-state index contributed by atoms with van der Waals surface area (Å²) in [5, 5.41) is 6.04. The minimum Gasteiger partial charge on any atom is -0.312 e. The molecule has 0 radical (unpaired) electrons. The van der Waals surface area contributed by atoms with Gasteiger partial charge in [0.2, 0.25) is 0 Å². The van der Waals surface area contributed by atoms with Crippen molar-refractivity contribution in [3.05, 3.63) is 83.7 Å². The minimum atomic E-state index is -0.178. The average molecular weight is 316 g/mol. The molecular weight excluding hydrogens is 297 g/mol. The molecule has 114 valence electrons. The molecule has 0 fully saturated rings. The molecule has 3 heteroatoms. The SMILES string of the molecule is Cl.Fc1ccc(CCNCc2cccc3ccccc23)cc1. The van der Waals surface area contributed by atoms with E-state index in [9.17, 15) is 4.39 Å². The molecular formula is C19H19ClFN. The van der Waals surface area contributed by atoms with Crippen LogP contribution in [0.15, 0.2) is 66.7 Å². The van der Waals surface area contributed by atoms with Crippen LogP contribution in [0.2, 0.25) is 0 Å². The molecule has 3 aromatic rings. The Morgan fingerprint density at radius 3 is 2.36 bits per heavy atom. The Morgan fingerprint density at radius 1 is 0.818 bits per heavy atom. The quantitative estimate of drug-likeness (QED) is 0.671. The van der Waals surface area contributed by atoms with Gasteiger partial charge in [-0.3, -0.25) is 0 Å². The molecule has 3 aromatic carbocycles. The van der Waals surface area contributed by atoms with E-state index < -0.39 is 0 Å². The van der Waals surface area contributed by atoms with Crippen LogP contribution in [0, 0.1) is 5.82 Å². The number of nitrogens with one attached hydrogen (secondary N) is 1. The van der Waals surface area contributed by atoms with Crippen molar-refractivity contribution in [3.8, 4) is 0 Å². The Hall–Kier alpha value is -1.90. The predicted octanol–water partition coefficient (Wildman–Crippen LogP) is 4.73.